The number of fused-ring (bicyclic) bond motifs is 3. The molecule has 0 spiro atoms. The first-order valence-electron chi connectivity index (χ1n) is 11.7. The van der Waals surface area contributed by atoms with E-state index in [4.69, 9.17) is 4.74 Å². The number of hydrogen-bond donors (Lipinski definition) is 0. The molecule has 4 fully saturated rings. The minimum absolute atomic E-state index is 0.0689. The maximum absolute atomic E-state index is 13.5. The predicted molar refractivity (Wildman–Crippen MR) is 121 cm³/mol. The van der Waals surface area contributed by atoms with E-state index < -0.39 is 5.92 Å². The van der Waals surface area contributed by atoms with Gasteiger partial charge in [-0.3, -0.25) is 9.59 Å². The van der Waals surface area contributed by atoms with Crippen molar-refractivity contribution in [3.63, 3.8) is 0 Å². The summed E-state index contributed by atoms with van der Waals surface area (Å²) < 4.78 is 6.03. The van der Waals surface area contributed by atoms with Crippen LogP contribution in [-0.2, 0) is 16.0 Å². The lowest BCUT2D eigenvalue weighted by Crippen LogP contribution is -2.41. The van der Waals surface area contributed by atoms with E-state index in [1.807, 2.05) is 42.5 Å². The Balaban J connectivity index is 1.35. The second-order valence-corrected chi connectivity index (χ2v) is 9.48. The molecule has 162 valence electrons. The molecule has 1 heterocycles. The maximum Gasteiger partial charge on any atom is 0.238 e. The highest BCUT2D eigenvalue weighted by atomic mass is 16.5. The van der Waals surface area contributed by atoms with Gasteiger partial charge in [-0.25, -0.2) is 9.97 Å². The summed E-state index contributed by atoms with van der Waals surface area (Å²) in [5.41, 5.74) is 3.43. The van der Waals surface area contributed by atoms with Crippen LogP contribution in [-0.4, -0.2) is 21.5 Å². The summed E-state index contributed by atoms with van der Waals surface area (Å²) in [6.07, 6.45) is 6.77. The Bertz CT molecular complexity index is 1200. The number of Topliss-reactive ketones (excluding diaryl/α,β-unsaturated/α-hetero) is 2. The number of aromatic nitrogens is 2. The van der Waals surface area contributed by atoms with Crippen LogP contribution in [0.2, 0.25) is 0 Å². The molecule has 0 N–H and O–H groups in total. The summed E-state index contributed by atoms with van der Waals surface area (Å²) in [6.45, 7) is 2.06. The quantitative estimate of drug-likeness (QED) is 0.532. The van der Waals surface area contributed by atoms with Crippen molar-refractivity contribution in [2.75, 3.05) is 0 Å². The van der Waals surface area contributed by atoms with E-state index in [1.165, 1.54) is 0 Å². The van der Waals surface area contributed by atoms with E-state index in [9.17, 15) is 9.59 Å². The summed E-state index contributed by atoms with van der Waals surface area (Å²) in [5, 5.41) is 0. The summed E-state index contributed by atoms with van der Waals surface area (Å²) in [5.74, 6) is 1.27. The SMILES string of the molecule is CCc1ccc(Oc2cnc3ccccc3n2)cc1C1C(=O)C2C3CCC(CC3)C2C1=O. The smallest absolute Gasteiger partial charge is 0.238 e. The van der Waals surface area contributed by atoms with Crippen LogP contribution in [0.3, 0.4) is 0 Å². The molecule has 7 rings (SSSR count). The van der Waals surface area contributed by atoms with Crippen LogP contribution in [0.25, 0.3) is 11.0 Å². The largest absolute Gasteiger partial charge is 0.437 e. The number of carbonyl (C=O) groups excluding carboxylic acids is 2. The third-order valence-electron chi connectivity index (χ3n) is 7.90. The number of rotatable bonds is 4. The van der Waals surface area contributed by atoms with Crippen LogP contribution in [0.4, 0.5) is 0 Å². The van der Waals surface area contributed by atoms with Crippen molar-refractivity contribution in [1.82, 2.24) is 9.97 Å². The molecule has 32 heavy (non-hydrogen) atoms. The van der Waals surface area contributed by atoms with Gasteiger partial charge in [0.15, 0.2) is 11.6 Å². The zero-order valence-electron chi connectivity index (χ0n) is 18.2. The summed E-state index contributed by atoms with van der Waals surface area (Å²) >= 11 is 0. The van der Waals surface area contributed by atoms with Crippen LogP contribution < -0.4 is 4.74 Å². The van der Waals surface area contributed by atoms with Crippen molar-refractivity contribution in [1.29, 1.82) is 0 Å². The maximum atomic E-state index is 13.5. The molecule has 0 radical (unpaired) electrons. The van der Waals surface area contributed by atoms with Gasteiger partial charge in [0, 0.05) is 11.8 Å². The number of ether oxygens (including phenoxy) is 1. The van der Waals surface area contributed by atoms with Crippen molar-refractivity contribution in [2.24, 2.45) is 23.7 Å². The van der Waals surface area contributed by atoms with Crippen molar-refractivity contribution < 1.29 is 14.3 Å². The monoisotopic (exact) mass is 426 g/mol. The van der Waals surface area contributed by atoms with Crippen LogP contribution in [0.1, 0.15) is 49.7 Å². The van der Waals surface area contributed by atoms with Gasteiger partial charge in [0.05, 0.1) is 17.2 Å². The van der Waals surface area contributed by atoms with Crippen LogP contribution >= 0.6 is 0 Å². The van der Waals surface area contributed by atoms with Gasteiger partial charge in [0.2, 0.25) is 5.88 Å². The highest BCUT2D eigenvalue weighted by Crippen LogP contribution is 2.56. The molecule has 3 aromatic rings. The molecule has 0 amide bonds. The van der Waals surface area contributed by atoms with Crippen molar-refractivity contribution >= 4 is 22.6 Å². The molecule has 0 saturated heterocycles. The minimum atomic E-state index is -0.646. The molecule has 5 nitrogen and oxygen atoms in total. The molecule has 4 saturated carbocycles. The number of benzene rings is 2. The van der Waals surface area contributed by atoms with E-state index in [-0.39, 0.29) is 23.4 Å². The van der Waals surface area contributed by atoms with Crippen molar-refractivity contribution in [3.8, 4) is 11.6 Å². The van der Waals surface area contributed by atoms with Gasteiger partial charge >= 0.3 is 0 Å². The molecular weight excluding hydrogens is 400 g/mol. The second-order valence-electron chi connectivity index (χ2n) is 9.48. The third kappa shape index (κ3) is 2.98. The molecule has 1 aromatic heterocycles. The minimum Gasteiger partial charge on any atom is -0.437 e. The van der Waals surface area contributed by atoms with Crippen LogP contribution in [0.15, 0.2) is 48.7 Å². The molecular formula is C27H26N2O3. The average Bonchev–Trinajstić information content (AvgIpc) is 3.12. The molecule has 0 aliphatic heterocycles. The van der Waals surface area contributed by atoms with Crippen LogP contribution in [0, 0.1) is 23.7 Å². The number of aryl methyl sites for hydroxylation is 1. The highest BCUT2D eigenvalue weighted by molar-refractivity contribution is 6.16. The fourth-order valence-electron chi connectivity index (χ4n) is 6.44. The average molecular weight is 427 g/mol. The molecule has 4 aliphatic rings. The van der Waals surface area contributed by atoms with Gasteiger partial charge in [-0.2, -0.15) is 0 Å². The van der Waals surface area contributed by atoms with E-state index in [2.05, 4.69) is 16.9 Å². The number of para-hydroxylation sites is 2. The fourth-order valence-corrected chi connectivity index (χ4v) is 6.44. The fraction of sp³-hybridized carbons (Fsp3) is 0.407. The molecule has 5 heteroatoms. The normalized spacial score (nSPS) is 28.8. The summed E-state index contributed by atoms with van der Waals surface area (Å²) in [6, 6.07) is 13.4. The van der Waals surface area contributed by atoms with Crippen molar-refractivity contribution in [2.45, 2.75) is 44.9 Å². The molecule has 4 aliphatic carbocycles. The second kappa shape index (κ2) is 7.51. The van der Waals surface area contributed by atoms with E-state index >= 15 is 0 Å². The molecule has 2 atom stereocenters. The zero-order chi connectivity index (χ0) is 21.8. The zero-order valence-corrected chi connectivity index (χ0v) is 18.2. The standard InChI is InChI=1S/C27H26N2O3/c1-2-15-11-12-18(32-22-14-28-20-5-3-4-6-21(20)29-22)13-19(15)25-26(30)23-16-7-8-17(10-9-16)24(23)27(25)31/h3-6,11-14,16-17,23-25H,2,7-10H2,1H3. The van der Waals surface area contributed by atoms with E-state index in [0.29, 0.717) is 23.5 Å². The van der Waals surface area contributed by atoms with Gasteiger partial charge in [-0.1, -0.05) is 25.1 Å². The number of hydrogen-bond acceptors (Lipinski definition) is 5. The molecule has 2 unspecified atom stereocenters. The molecule has 2 bridgehead atoms. The van der Waals surface area contributed by atoms with E-state index in [1.54, 1.807) is 6.20 Å². The number of ketones is 2. The first-order valence-corrected chi connectivity index (χ1v) is 11.7. The highest BCUT2D eigenvalue weighted by Gasteiger charge is 2.59. The first kappa shape index (κ1) is 19.6. The Hall–Kier alpha value is -3.08. The van der Waals surface area contributed by atoms with E-state index in [0.717, 1.165) is 54.3 Å². The number of carbonyl (C=O) groups is 2. The Morgan fingerprint density at radius 1 is 0.906 bits per heavy atom. The Kier molecular flexibility index (Phi) is 4.60. The van der Waals surface area contributed by atoms with Gasteiger partial charge < -0.3 is 4.74 Å². The summed E-state index contributed by atoms with van der Waals surface area (Å²) in [7, 11) is 0. The lowest BCUT2D eigenvalue weighted by Gasteiger charge is -2.43. The van der Waals surface area contributed by atoms with Crippen molar-refractivity contribution in [3.05, 3.63) is 59.8 Å². The lowest BCUT2D eigenvalue weighted by atomic mass is 9.59. The van der Waals surface area contributed by atoms with Crippen LogP contribution in [0.5, 0.6) is 11.6 Å². The summed E-state index contributed by atoms with van der Waals surface area (Å²) in [4.78, 5) is 36.0. The van der Waals surface area contributed by atoms with Gasteiger partial charge in [-0.15, -0.1) is 0 Å². The Morgan fingerprint density at radius 2 is 1.56 bits per heavy atom. The van der Waals surface area contributed by atoms with Gasteiger partial charge in [0.1, 0.15) is 11.7 Å². The lowest BCUT2D eigenvalue weighted by molar-refractivity contribution is -0.129. The molecule has 2 aromatic carbocycles. The van der Waals surface area contributed by atoms with Gasteiger partial charge in [0.25, 0.3) is 0 Å². The topological polar surface area (TPSA) is 69.2 Å². The van der Waals surface area contributed by atoms with Gasteiger partial charge in [-0.05, 0) is 79.3 Å². The third-order valence-corrected chi connectivity index (χ3v) is 7.90. The predicted octanol–water partition coefficient (Wildman–Crippen LogP) is 5.27. The first-order chi connectivity index (χ1) is 15.6. The Labute approximate surface area is 187 Å². The number of nitrogens with zero attached hydrogens (tertiary/aromatic N) is 2. The Morgan fingerprint density at radius 3 is 2.22 bits per heavy atom.